The highest BCUT2D eigenvalue weighted by Gasteiger charge is 2.29. The van der Waals surface area contributed by atoms with Gasteiger partial charge in [-0.05, 0) is 32.8 Å². The lowest BCUT2D eigenvalue weighted by atomic mass is 10.2. The molecule has 0 bridgehead atoms. The molecular formula is C17H24N6O. The van der Waals surface area contributed by atoms with E-state index in [0.29, 0.717) is 5.78 Å². The highest BCUT2D eigenvalue weighted by atomic mass is 16.2. The maximum absolute atomic E-state index is 12.7. The van der Waals surface area contributed by atoms with Crippen molar-refractivity contribution < 1.29 is 4.79 Å². The topological polar surface area (TPSA) is 66.6 Å². The molecule has 4 rings (SSSR count). The zero-order valence-electron chi connectivity index (χ0n) is 14.4. The van der Waals surface area contributed by atoms with Gasteiger partial charge < -0.3 is 4.90 Å². The first-order chi connectivity index (χ1) is 11.6. The van der Waals surface area contributed by atoms with Gasteiger partial charge in [0, 0.05) is 43.6 Å². The van der Waals surface area contributed by atoms with E-state index < -0.39 is 0 Å². The Bertz CT molecular complexity index is 756. The van der Waals surface area contributed by atoms with Crippen LogP contribution in [0.15, 0.2) is 6.07 Å². The minimum atomic E-state index is -0.0800. The van der Waals surface area contributed by atoms with Crippen LogP contribution < -0.4 is 0 Å². The van der Waals surface area contributed by atoms with Crippen molar-refractivity contribution in [3.63, 3.8) is 0 Å². The summed E-state index contributed by atoms with van der Waals surface area (Å²) in [5.74, 6) is 0.676. The molecule has 3 heterocycles. The zero-order chi connectivity index (χ0) is 16.7. The van der Waals surface area contributed by atoms with Crippen molar-refractivity contribution in [1.82, 2.24) is 29.4 Å². The van der Waals surface area contributed by atoms with Gasteiger partial charge in [0.05, 0.1) is 0 Å². The number of carbonyl (C=O) groups is 1. The Labute approximate surface area is 141 Å². The SMILES string of the molecule is Cc1cc(C)n2nc(C(=O)N3CCN(C4CCCC4)CC3)nc2n1. The van der Waals surface area contributed by atoms with Gasteiger partial charge in [-0.3, -0.25) is 9.69 Å². The van der Waals surface area contributed by atoms with E-state index in [1.807, 2.05) is 24.8 Å². The van der Waals surface area contributed by atoms with Crippen LogP contribution in [-0.2, 0) is 0 Å². The minimum Gasteiger partial charge on any atom is -0.333 e. The number of rotatable bonds is 2. The number of carbonyl (C=O) groups excluding carboxylic acids is 1. The summed E-state index contributed by atoms with van der Waals surface area (Å²) in [6, 6.07) is 2.67. The molecule has 7 nitrogen and oxygen atoms in total. The van der Waals surface area contributed by atoms with Crippen molar-refractivity contribution >= 4 is 11.7 Å². The van der Waals surface area contributed by atoms with Crippen molar-refractivity contribution in [2.24, 2.45) is 0 Å². The number of hydrogen-bond acceptors (Lipinski definition) is 5. The van der Waals surface area contributed by atoms with E-state index in [9.17, 15) is 4.79 Å². The van der Waals surface area contributed by atoms with Gasteiger partial charge in [-0.15, -0.1) is 5.10 Å². The molecule has 2 aromatic rings. The van der Waals surface area contributed by atoms with E-state index in [-0.39, 0.29) is 11.7 Å². The molecule has 1 aliphatic carbocycles. The molecule has 24 heavy (non-hydrogen) atoms. The summed E-state index contributed by atoms with van der Waals surface area (Å²) in [5, 5.41) is 4.36. The average molecular weight is 328 g/mol. The molecule has 0 atom stereocenters. The largest absolute Gasteiger partial charge is 0.333 e. The predicted octanol–water partition coefficient (Wildman–Crippen LogP) is 1.44. The lowest BCUT2D eigenvalue weighted by molar-refractivity contribution is 0.0562. The molecule has 2 aliphatic rings. The van der Waals surface area contributed by atoms with Crippen LogP contribution in [-0.4, -0.2) is 67.5 Å². The molecule has 1 saturated carbocycles. The summed E-state index contributed by atoms with van der Waals surface area (Å²) in [6.45, 7) is 7.31. The van der Waals surface area contributed by atoms with Crippen molar-refractivity contribution in [3.05, 3.63) is 23.3 Å². The fourth-order valence-corrected chi connectivity index (χ4v) is 3.96. The smallest absolute Gasteiger partial charge is 0.293 e. The fourth-order valence-electron chi connectivity index (χ4n) is 3.96. The van der Waals surface area contributed by atoms with Gasteiger partial charge in [-0.25, -0.2) is 9.50 Å². The van der Waals surface area contributed by atoms with Gasteiger partial charge in [0.15, 0.2) is 0 Å². The second kappa shape index (κ2) is 6.12. The summed E-state index contributed by atoms with van der Waals surface area (Å²) in [6.07, 6.45) is 5.32. The van der Waals surface area contributed by atoms with Crippen LogP contribution in [0.3, 0.4) is 0 Å². The molecule has 128 valence electrons. The highest BCUT2D eigenvalue weighted by molar-refractivity contribution is 5.91. The monoisotopic (exact) mass is 328 g/mol. The molecule has 2 fully saturated rings. The van der Waals surface area contributed by atoms with E-state index in [1.54, 1.807) is 4.52 Å². The molecular weight excluding hydrogens is 304 g/mol. The van der Waals surface area contributed by atoms with Gasteiger partial charge in [0.25, 0.3) is 11.7 Å². The maximum atomic E-state index is 12.7. The number of fused-ring (bicyclic) bond motifs is 1. The Morgan fingerprint density at radius 2 is 1.79 bits per heavy atom. The van der Waals surface area contributed by atoms with Crippen LogP contribution in [0.4, 0.5) is 0 Å². The first-order valence-electron chi connectivity index (χ1n) is 8.86. The Hall–Kier alpha value is -2.02. The molecule has 0 spiro atoms. The van der Waals surface area contributed by atoms with E-state index in [2.05, 4.69) is 20.0 Å². The van der Waals surface area contributed by atoms with E-state index in [1.165, 1.54) is 25.7 Å². The number of aryl methyl sites for hydroxylation is 2. The third-order valence-corrected chi connectivity index (χ3v) is 5.25. The normalized spacial score (nSPS) is 20.2. The molecule has 0 aromatic carbocycles. The molecule has 1 aliphatic heterocycles. The number of piperazine rings is 1. The molecule has 2 aromatic heterocycles. The number of nitrogens with zero attached hydrogens (tertiary/aromatic N) is 6. The van der Waals surface area contributed by atoms with E-state index in [0.717, 1.165) is 43.6 Å². The van der Waals surface area contributed by atoms with Crippen LogP contribution in [0.2, 0.25) is 0 Å². The molecule has 1 saturated heterocycles. The minimum absolute atomic E-state index is 0.0800. The lowest BCUT2D eigenvalue weighted by Crippen LogP contribution is -2.51. The summed E-state index contributed by atoms with van der Waals surface area (Å²) in [5.41, 5.74) is 1.83. The van der Waals surface area contributed by atoms with E-state index in [4.69, 9.17) is 0 Å². The van der Waals surface area contributed by atoms with Crippen molar-refractivity contribution in [3.8, 4) is 0 Å². The number of amides is 1. The summed E-state index contributed by atoms with van der Waals surface area (Å²) >= 11 is 0. The van der Waals surface area contributed by atoms with Crippen molar-refractivity contribution in [2.75, 3.05) is 26.2 Å². The van der Waals surface area contributed by atoms with Crippen molar-refractivity contribution in [2.45, 2.75) is 45.6 Å². The maximum Gasteiger partial charge on any atom is 0.293 e. The first kappa shape index (κ1) is 15.5. The van der Waals surface area contributed by atoms with Crippen LogP contribution in [0, 0.1) is 13.8 Å². The van der Waals surface area contributed by atoms with Crippen LogP contribution in [0.5, 0.6) is 0 Å². The summed E-state index contributed by atoms with van der Waals surface area (Å²) in [4.78, 5) is 25.9. The van der Waals surface area contributed by atoms with Crippen LogP contribution >= 0.6 is 0 Å². The molecule has 0 unspecified atom stereocenters. The Morgan fingerprint density at radius 3 is 2.50 bits per heavy atom. The summed E-state index contributed by atoms with van der Waals surface area (Å²) in [7, 11) is 0. The number of aromatic nitrogens is 4. The van der Waals surface area contributed by atoms with Gasteiger partial charge in [0.1, 0.15) is 0 Å². The lowest BCUT2D eigenvalue weighted by Gasteiger charge is -2.37. The van der Waals surface area contributed by atoms with Crippen LogP contribution in [0.25, 0.3) is 5.78 Å². The second-order valence-corrected chi connectivity index (χ2v) is 6.95. The van der Waals surface area contributed by atoms with Crippen LogP contribution in [0.1, 0.15) is 47.7 Å². The molecule has 7 heteroatoms. The third-order valence-electron chi connectivity index (χ3n) is 5.25. The summed E-state index contributed by atoms with van der Waals surface area (Å²) < 4.78 is 1.65. The molecule has 0 radical (unpaired) electrons. The molecule has 0 N–H and O–H groups in total. The standard InChI is InChI=1S/C17H24N6O/c1-12-11-13(2)23-17(18-12)19-15(20-23)16(24)22-9-7-21(8-10-22)14-5-3-4-6-14/h11,14H,3-10H2,1-2H3. The predicted molar refractivity (Wildman–Crippen MR) is 90.0 cm³/mol. The Kier molecular flexibility index (Phi) is 3.96. The fraction of sp³-hybridized carbons (Fsp3) is 0.647. The quantitative estimate of drug-likeness (QED) is 0.834. The van der Waals surface area contributed by atoms with Gasteiger partial charge in [0.2, 0.25) is 5.82 Å². The first-order valence-corrected chi connectivity index (χ1v) is 8.86. The average Bonchev–Trinajstić information content (AvgIpc) is 3.24. The zero-order valence-corrected chi connectivity index (χ0v) is 14.4. The Balaban J connectivity index is 1.47. The van der Waals surface area contributed by atoms with Crippen molar-refractivity contribution in [1.29, 1.82) is 0 Å². The van der Waals surface area contributed by atoms with Gasteiger partial charge in [-0.2, -0.15) is 4.98 Å². The molecule has 1 amide bonds. The highest BCUT2D eigenvalue weighted by Crippen LogP contribution is 2.24. The van der Waals surface area contributed by atoms with E-state index >= 15 is 0 Å². The Morgan fingerprint density at radius 1 is 1.08 bits per heavy atom. The third kappa shape index (κ3) is 2.77. The van der Waals surface area contributed by atoms with Gasteiger partial charge >= 0.3 is 0 Å². The van der Waals surface area contributed by atoms with Gasteiger partial charge in [-0.1, -0.05) is 12.8 Å². The second-order valence-electron chi connectivity index (χ2n) is 6.95. The number of hydrogen-bond donors (Lipinski definition) is 0.